The summed E-state index contributed by atoms with van der Waals surface area (Å²) in [4.78, 5) is 10.1. The van der Waals surface area contributed by atoms with E-state index in [-0.39, 0.29) is 0 Å². The molecule has 0 aromatic rings. The number of halogens is 4. The lowest BCUT2D eigenvalue weighted by atomic mass is 10.2. The smallest absolute Gasteiger partial charge is 0.427 e. The highest BCUT2D eigenvalue weighted by Crippen LogP contribution is 2.37. The van der Waals surface area contributed by atoms with Crippen LogP contribution in [-0.4, -0.2) is 31.2 Å². The average molecular weight is 188 g/mol. The van der Waals surface area contributed by atoms with Crippen molar-refractivity contribution in [2.75, 3.05) is 13.3 Å². The van der Waals surface area contributed by atoms with Gasteiger partial charge >= 0.3 is 17.9 Å². The number of alkyl halides is 4. The molecule has 1 atom stereocenters. The lowest BCUT2D eigenvalue weighted by Gasteiger charge is -2.22. The Morgan fingerprint density at radius 1 is 1.58 bits per heavy atom. The molecule has 3 nitrogen and oxygen atoms in total. The van der Waals surface area contributed by atoms with Crippen LogP contribution in [0.1, 0.15) is 0 Å². The summed E-state index contributed by atoms with van der Waals surface area (Å²) in [5, 5.41) is 0. The molecule has 7 heteroatoms. The molecule has 1 heterocycles. The molecule has 1 aliphatic rings. The normalized spacial score (nSPS) is 29.8. The fourth-order valence-electron chi connectivity index (χ4n) is 0.623. The Kier molecular flexibility index (Phi) is 1.89. The number of hydrogen-bond donors (Lipinski definition) is 0. The monoisotopic (exact) mass is 188 g/mol. The van der Waals surface area contributed by atoms with Gasteiger partial charge in [0.15, 0.2) is 13.3 Å². The topological polar surface area (TPSA) is 35.5 Å². The molecule has 1 unspecified atom stereocenters. The summed E-state index contributed by atoms with van der Waals surface area (Å²) >= 11 is 0. The molecule has 70 valence electrons. The maximum atomic E-state index is 12.8. The number of carbonyl (C=O) groups is 1. The summed E-state index contributed by atoms with van der Waals surface area (Å²) in [6.45, 7) is -3.54. The SMILES string of the molecule is O=C1OCC(F)(C(F)(F)CF)O1. The number of hydrogen-bond acceptors (Lipinski definition) is 3. The zero-order chi connectivity index (χ0) is 9.41. The van der Waals surface area contributed by atoms with Crippen molar-refractivity contribution < 1.29 is 31.8 Å². The maximum Gasteiger partial charge on any atom is 0.511 e. The average Bonchev–Trinajstić information content (AvgIpc) is 2.33. The molecule has 0 amide bonds. The molecule has 0 saturated carbocycles. The standard InChI is InChI=1S/C5H4F4O3/c6-1-4(7,8)5(9)2-11-3(10)12-5/h1-2H2. The molecule has 0 radical (unpaired) electrons. The highest BCUT2D eigenvalue weighted by atomic mass is 19.3. The third-order valence-electron chi connectivity index (χ3n) is 1.33. The molecule has 1 rings (SSSR count). The van der Waals surface area contributed by atoms with E-state index < -0.39 is 31.2 Å². The first-order valence-electron chi connectivity index (χ1n) is 2.90. The van der Waals surface area contributed by atoms with Crippen molar-refractivity contribution in [3.63, 3.8) is 0 Å². The molecular weight excluding hydrogens is 184 g/mol. The molecule has 1 saturated heterocycles. The molecule has 1 fully saturated rings. The van der Waals surface area contributed by atoms with Crippen LogP contribution in [0.3, 0.4) is 0 Å². The van der Waals surface area contributed by atoms with Crippen molar-refractivity contribution in [3.8, 4) is 0 Å². The summed E-state index contributed by atoms with van der Waals surface area (Å²) in [5.41, 5.74) is 0. The van der Waals surface area contributed by atoms with Gasteiger partial charge in [-0.3, -0.25) is 0 Å². The van der Waals surface area contributed by atoms with Gasteiger partial charge in [-0.05, 0) is 0 Å². The molecule has 12 heavy (non-hydrogen) atoms. The maximum absolute atomic E-state index is 12.8. The molecule has 0 aliphatic carbocycles. The molecule has 0 N–H and O–H groups in total. The Hall–Kier alpha value is -1.01. The van der Waals surface area contributed by atoms with E-state index >= 15 is 0 Å². The van der Waals surface area contributed by atoms with Crippen LogP contribution >= 0.6 is 0 Å². The molecule has 0 aromatic carbocycles. The van der Waals surface area contributed by atoms with E-state index in [1.165, 1.54) is 0 Å². The van der Waals surface area contributed by atoms with Crippen LogP contribution in [0.2, 0.25) is 0 Å². The molecular formula is C5H4F4O3. The second-order valence-electron chi connectivity index (χ2n) is 2.21. The van der Waals surface area contributed by atoms with E-state index in [2.05, 4.69) is 9.47 Å². The molecule has 0 spiro atoms. The molecule has 1 aliphatic heterocycles. The molecule has 0 aromatic heterocycles. The summed E-state index contributed by atoms with van der Waals surface area (Å²) < 4.78 is 56.2. The zero-order valence-corrected chi connectivity index (χ0v) is 5.65. The first-order valence-corrected chi connectivity index (χ1v) is 2.90. The van der Waals surface area contributed by atoms with Crippen LogP contribution in [0.4, 0.5) is 22.4 Å². The van der Waals surface area contributed by atoms with Crippen molar-refractivity contribution in [2.24, 2.45) is 0 Å². The minimum absolute atomic E-state index is 1.29. The Morgan fingerprint density at radius 3 is 2.50 bits per heavy atom. The summed E-state index contributed by atoms with van der Waals surface area (Å²) in [7, 11) is 0. The third-order valence-corrected chi connectivity index (χ3v) is 1.33. The van der Waals surface area contributed by atoms with Gasteiger partial charge in [-0.1, -0.05) is 0 Å². The van der Waals surface area contributed by atoms with Crippen LogP contribution in [0, 0.1) is 0 Å². The third kappa shape index (κ3) is 1.19. The van der Waals surface area contributed by atoms with Gasteiger partial charge in [0.2, 0.25) is 0 Å². The van der Waals surface area contributed by atoms with E-state index in [0.29, 0.717) is 0 Å². The fourth-order valence-corrected chi connectivity index (χ4v) is 0.623. The van der Waals surface area contributed by atoms with Gasteiger partial charge < -0.3 is 9.47 Å². The lowest BCUT2D eigenvalue weighted by molar-refractivity contribution is -0.238. The van der Waals surface area contributed by atoms with Crippen LogP contribution in [0.25, 0.3) is 0 Å². The van der Waals surface area contributed by atoms with Gasteiger partial charge in [0.1, 0.15) is 0 Å². The van der Waals surface area contributed by atoms with Gasteiger partial charge in [0, 0.05) is 0 Å². The first kappa shape index (κ1) is 9.08. The predicted molar refractivity (Wildman–Crippen MR) is 27.2 cm³/mol. The van der Waals surface area contributed by atoms with Crippen molar-refractivity contribution in [2.45, 2.75) is 11.8 Å². The zero-order valence-electron chi connectivity index (χ0n) is 5.65. The summed E-state index contributed by atoms with van der Waals surface area (Å²) in [6.07, 6.45) is -1.56. The van der Waals surface area contributed by atoms with Gasteiger partial charge in [-0.2, -0.15) is 13.2 Å². The van der Waals surface area contributed by atoms with E-state index in [0.717, 1.165) is 0 Å². The van der Waals surface area contributed by atoms with Gasteiger partial charge in [-0.25, -0.2) is 9.18 Å². The van der Waals surface area contributed by atoms with E-state index in [4.69, 9.17) is 0 Å². The van der Waals surface area contributed by atoms with E-state index in [1.807, 2.05) is 0 Å². The van der Waals surface area contributed by atoms with Crippen molar-refractivity contribution in [3.05, 3.63) is 0 Å². The molecule has 0 bridgehead atoms. The minimum Gasteiger partial charge on any atom is -0.427 e. The number of rotatable bonds is 2. The van der Waals surface area contributed by atoms with Gasteiger partial charge in [0.25, 0.3) is 0 Å². The van der Waals surface area contributed by atoms with E-state index in [1.54, 1.807) is 0 Å². The van der Waals surface area contributed by atoms with Crippen molar-refractivity contribution in [1.29, 1.82) is 0 Å². The van der Waals surface area contributed by atoms with Crippen LogP contribution in [0.15, 0.2) is 0 Å². The highest BCUT2D eigenvalue weighted by Gasteiger charge is 2.63. The van der Waals surface area contributed by atoms with Crippen LogP contribution in [0.5, 0.6) is 0 Å². The second kappa shape index (κ2) is 2.49. The Morgan fingerprint density at radius 2 is 2.17 bits per heavy atom. The quantitative estimate of drug-likeness (QED) is 0.485. The van der Waals surface area contributed by atoms with Gasteiger partial charge in [-0.15, -0.1) is 0 Å². The first-order chi connectivity index (χ1) is 5.41. The van der Waals surface area contributed by atoms with E-state index in [9.17, 15) is 22.4 Å². The predicted octanol–water partition coefficient (Wildman–Crippen LogP) is 1.42. The lowest BCUT2D eigenvalue weighted by Crippen LogP contribution is -2.48. The number of ether oxygens (including phenoxy) is 2. The van der Waals surface area contributed by atoms with Crippen molar-refractivity contribution >= 4 is 6.16 Å². The Balaban J connectivity index is 2.79. The van der Waals surface area contributed by atoms with Crippen molar-refractivity contribution in [1.82, 2.24) is 0 Å². The summed E-state index contributed by atoms with van der Waals surface area (Å²) in [5.74, 6) is -8.03. The van der Waals surface area contributed by atoms with Crippen LogP contribution < -0.4 is 0 Å². The van der Waals surface area contributed by atoms with Gasteiger partial charge in [0.05, 0.1) is 0 Å². The number of cyclic esters (lactones) is 2. The second-order valence-corrected chi connectivity index (χ2v) is 2.21. The minimum atomic E-state index is -4.36. The largest absolute Gasteiger partial charge is 0.511 e. The van der Waals surface area contributed by atoms with Crippen LogP contribution in [-0.2, 0) is 9.47 Å². The fraction of sp³-hybridized carbons (Fsp3) is 0.800. The summed E-state index contributed by atoms with van der Waals surface area (Å²) in [6, 6.07) is 0. The highest BCUT2D eigenvalue weighted by molar-refractivity contribution is 5.62. The Labute approximate surface area is 64.2 Å². The number of carbonyl (C=O) groups excluding carboxylic acids is 1. The Bertz CT molecular complexity index is 207.